The van der Waals surface area contributed by atoms with Gasteiger partial charge in [-0.2, -0.15) is 0 Å². The van der Waals surface area contributed by atoms with Crippen LogP contribution in [0.15, 0.2) is 22.7 Å². The lowest BCUT2D eigenvalue weighted by molar-refractivity contribution is -0.121. The minimum Gasteiger partial charge on any atom is -0.368 e. The van der Waals surface area contributed by atoms with Gasteiger partial charge in [0, 0.05) is 4.47 Å². The molecule has 16 heavy (non-hydrogen) atoms. The Morgan fingerprint density at radius 2 is 2.38 bits per heavy atom. The van der Waals surface area contributed by atoms with Crippen LogP contribution < -0.4 is 5.73 Å². The number of amides is 1. The molecule has 0 bridgehead atoms. The van der Waals surface area contributed by atoms with Crippen molar-refractivity contribution in [1.29, 1.82) is 0 Å². The van der Waals surface area contributed by atoms with Crippen LogP contribution in [0.2, 0.25) is 0 Å². The van der Waals surface area contributed by atoms with Gasteiger partial charge in [0.1, 0.15) is 11.6 Å². The maximum atomic E-state index is 11.3. The first-order chi connectivity index (χ1) is 7.63. The molecule has 0 radical (unpaired) electrons. The van der Waals surface area contributed by atoms with Crippen molar-refractivity contribution in [2.75, 3.05) is 0 Å². The summed E-state index contributed by atoms with van der Waals surface area (Å²) in [7, 11) is 0. The molecule has 0 fully saturated rings. The molecule has 0 saturated heterocycles. The standard InChI is InChI=1S/C10H11BrN4O/c1-2-8(10(12)16)15-9-4-3-6(11)5-7(9)13-14-15/h3-5,8H,2H2,1H3,(H2,12,16)/t8-/m1/s1. The summed E-state index contributed by atoms with van der Waals surface area (Å²) in [4.78, 5) is 11.3. The highest BCUT2D eigenvalue weighted by Crippen LogP contribution is 2.21. The number of hydrogen-bond acceptors (Lipinski definition) is 3. The molecule has 1 aromatic heterocycles. The van der Waals surface area contributed by atoms with Crippen molar-refractivity contribution >= 4 is 32.9 Å². The van der Waals surface area contributed by atoms with Crippen LogP contribution in [0.5, 0.6) is 0 Å². The molecule has 84 valence electrons. The number of hydrogen-bond donors (Lipinski definition) is 1. The molecule has 2 N–H and O–H groups in total. The average molecular weight is 283 g/mol. The Morgan fingerprint density at radius 3 is 3.00 bits per heavy atom. The van der Waals surface area contributed by atoms with Gasteiger partial charge in [-0.15, -0.1) is 5.10 Å². The number of aromatic nitrogens is 3. The van der Waals surface area contributed by atoms with Gasteiger partial charge in [0.2, 0.25) is 5.91 Å². The summed E-state index contributed by atoms with van der Waals surface area (Å²) < 4.78 is 2.50. The van der Waals surface area contributed by atoms with Crippen molar-refractivity contribution in [3.05, 3.63) is 22.7 Å². The van der Waals surface area contributed by atoms with Gasteiger partial charge in [-0.25, -0.2) is 4.68 Å². The molecule has 0 aliphatic rings. The van der Waals surface area contributed by atoms with Crippen LogP contribution in [0.25, 0.3) is 11.0 Å². The smallest absolute Gasteiger partial charge is 0.242 e. The zero-order valence-electron chi connectivity index (χ0n) is 8.72. The summed E-state index contributed by atoms with van der Waals surface area (Å²) in [6.45, 7) is 1.89. The van der Waals surface area contributed by atoms with E-state index in [1.54, 1.807) is 4.68 Å². The Hall–Kier alpha value is -1.43. The third-order valence-electron chi connectivity index (χ3n) is 2.44. The number of carbonyl (C=O) groups excluding carboxylic acids is 1. The molecule has 0 unspecified atom stereocenters. The third-order valence-corrected chi connectivity index (χ3v) is 2.94. The van der Waals surface area contributed by atoms with Crippen molar-refractivity contribution < 1.29 is 4.79 Å². The molecule has 1 aromatic carbocycles. The highest BCUT2D eigenvalue weighted by molar-refractivity contribution is 9.10. The van der Waals surface area contributed by atoms with E-state index < -0.39 is 11.9 Å². The van der Waals surface area contributed by atoms with Gasteiger partial charge in [-0.05, 0) is 24.6 Å². The van der Waals surface area contributed by atoms with Gasteiger partial charge in [0.25, 0.3) is 0 Å². The summed E-state index contributed by atoms with van der Waals surface area (Å²) in [5.74, 6) is -0.391. The minimum atomic E-state index is -0.439. The van der Waals surface area contributed by atoms with E-state index in [9.17, 15) is 4.79 Å². The van der Waals surface area contributed by atoms with Gasteiger partial charge < -0.3 is 5.73 Å². The first-order valence-electron chi connectivity index (χ1n) is 4.93. The molecule has 1 heterocycles. The van der Waals surface area contributed by atoms with E-state index in [4.69, 9.17) is 5.73 Å². The number of nitrogens with zero attached hydrogens (tertiary/aromatic N) is 3. The number of fused-ring (bicyclic) bond motifs is 1. The summed E-state index contributed by atoms with van der Waals surface area (Å²) in [5, 5.41) is 7.98. The second kappa shape index (κ2) is 4.21. The predicted octanol–water partition coefficient (Wildman–Crippen LogP) is 1.63. The second-order valence-electron chi connectivity index (χ2n) is 3.49. The number of halogens is 1. The minimum absolute atomic E-state index is 0.391. The van der Waals surface area contributed by atoms with Gasteiger partial charge in [0.05, 0.1) is 5.52 Å². The van der Waals surface area contributed by atoms with E-state index in [-0.39, 0.29) is 0 Å². The predicted molar refractivity (Wildman–Crippen MR) is 63.8 cm³/mol. The fraction of sp³-hybridized carbons (Fsp3) is 0.300. The largest absolute Gasteiger partial charge is 0.368 e. The highest BCUT2D eigenvalue weighted by Gasteiger charge is 2.18. The number of carbonyl (C=O) groups is 1. The van der Waals surface area contributed by atoms with Crippen molar-refractivity contribution in [3.8, 4) is 0 Å². The van der Waals surface area contributed by atoms with Gasteiger partial charge in [0.15, 0.2) is 0 Å². The van der Waals surface area contributed by atoms with Gasteiger partial charge in [-0.1, -0.05) is 28.1 Å². The van der Waals surface area contributed by atoms with E-state index >= 15 is 0 Å². The molecule has 2 rings (SSSR count). The summed E-state index contributed by atoms with van der Waals surface area (Å²) >= 11 is 3.36. The fourth-order valence-corrected chi connectivity index (χ4v) is 1.99. The summed E-state index contributed by atoms with van der Waals surface area (Å²) in [6, 6.07) is 5.17. The average Bonchev–Trinajstić information content (AvgIpc) is 2.62. The molecule has 5 nitrogen and oxygen atoms in total. The van der Waals surface area contributed by atoms with E-state index in [1.165, 1.54) is 0 Å². The SMILES string of the molecule is CC[C@H](C(N)=O)n1nnc2cc(Br)ccc21. The first kappa shape index (κ1) is 11.1. The van der Waals surface area contributed by atoms with Gasteiger partial charge in [-0.3, -0.25) is 4.79 Å². The van der Waals surface area contributed by atoms with Crippen LogP contribution in [0.4, 0.5) is 0 Å². The lowest BCUT2D eigenvalue weighted by Crippen LogP contribution is -2.26. The quantitative estimate of drug-likeness (QED) is 0.930. The van der Waals surface area contributed by atoms with E-state index in [0.717, 1.165) is 15.5 Å². The van der Waals surface area contributed by atoms with Crippen LogP contribution in [0.1, 0.15) is 19.4 Å². The molecule has 0 aliphatic carbocycles. The van der Waals surface area contributed by atoms with Crippen LogP contribution in [0.3, 0.4) is 0 Å². The van der Waals surface area contributed by atoms with Crippen molar-refractivity contribution in [3.63, 3.8) is 0 Å². The molecule has 1 atom stereocenters. The maximum Gasteiger partial charge on any atom is 0.242 e. The maximum absolute atomic E-state index is 11.3. The van der Waals surface area contributed by atoms with Gasteiger partial charge >= 0.3 is 0 Å². The Balaban J connectivity index is 2.57. The van der Waals surface area contributed by atoms with Crippen molar-refractivity contribution in [2.24, 2.45) is 5.73 Å². The zero-order chi connectivity index (χ0) is 11.7. The Labute approximate surface area is 101 Å². The molecule has 0 aliphatic heterocycles. The third kappa shape index (κ3) is 1.80. The summed E-state index contributed by atoms with van der Waals surface area (Å²) in [5.41, 5.74) is 6.88. The Kier molecular flexibility index (Phi) is 2.91. The molecule has 0 saturated carbocycles. The highest BCUT2D eigenvalue weighted by atomic mass is 79.9. The monoisotopic (exact) mass is 282 g/mol. The number of benzene rings is 1. The van der Waals surface area contributed by atoms with Crippen molar-refractivity contribution in [1.82, 2.24) is 15.0 Å². The molecule has 1 amide bonds. The van der Waals surface area contributed by atoms with E-state index in [2.05, 4.69) is 26.2 Å². The molecule has 2 aromatic rings. The van der Waals surface area contributed by atoms with Crippen LogP contribution in [-0.2, 0) is 4.79 Å². The molecule has 0 spiro atoms. The van der Waals surface area contributed by atoms with Crippen LogP contribution >= 0.6 is 15.9 Å². The normalized spacial score (nSPS) is 12.9. The summed E-state index contributed by atoms with van der Waals surface area (Å²) in [6.07, 6.45) is 0.601. The lowest BCUT2D eigenvalue weighted by Gasteiger charge is -2.11. The Morgan fingerprint density at radius 1 is 1.62 bits per heavy atom. The first-order valence-corrected chi connectivity index (χ1v) is 5.72. The second-order valence-corrected chi connectivity index (χ2v) is 4.41. The number of rotatable bonds is 3. The zero-order valence-corrected chi connectivity index (χ0v) is 10.3. The van der Waals surface area contributed by atoms with Crippen LogP contribution in [-0.4, -0.2) is 20.9 Å². The molecular formula is C10H11BrN4O. The number of primary amides is 1. The Bertz CT molecular complexity index is 537. The van der Waals surface area contributed by atoms with E-state index in [0.29, 0.717) is 6.42 Å². The fourth-order valence-electron chi connectivity index (χ4n) is 1.64. The number of nitrogens with two attached hydrogens (primary N) is 1. The van der Waals surface area contributed by atoms with E-state index in [1.807, 2.05) is 25.1 Å². The molecular weight excluding hydrogens is 272 g/mol. The van der Waals surface area contributed by atoms with Crippen LogP contribution in [0, 0.1) is 0 Å². The lowest BCUT2D eigenvalue weighted by atomic mass is 10.2. The van der Waals surface area contributed by atoms with Crippen molar-refractivity contribution in [2.45, 2.75) is 19.4 Å². The topological polar surface area (TPSA) is 73.8 Å². The molecule has 6 heteroatoms.